The lowest BCUT2D eigenvalue weighted by Crippen LogP contribution is -2.47. The molecule has 0 spiro atoms. The van der Waals surface area contributed by atoms with Crippen LogP contribution in [0.2, 0.25) is 0 Å². The molecule has 2 aliphatic heterocycles. The van der Waals surface area contributed by atoms with Crippen molar-refractivity contribution in [3.05, 3.63) is 6.20 Å². The summed E-state index contributed by atoms with van der Waals surface area (Å²) < 4.78 is 1.81. The lowest BCUT2D eigenvalue weighted by molar-refractivity contribution is 0.141. The third kappa shape index (κ3) is 2.71. The van der Waals surface area contributed by atoms with Gasteiger partial charge < -0.3 is 15.5 Å². The number of anilines is 2. The van der Waals surface area contributed by atoms with E-state index in [1.807, 2.05) is 13.2 Å². The number of nitrogens with zero attached hydrogens (tertiary/aromatic N) is 4. The molecule has 19 heavy (non-hydrogen) atoms. The van der Waals surface area contributed by atoms with E-state index in [1.165, 1.54) is 45.2 Å². The van der Waals surface area contributed by atoms with Crippen LogP contribution in [-0.4, -0.2) is 46.9 Å². The Kier molecular flexibility index (Phi) is 3.64. The minimum absolute atomic E-state index is 0.779. The molecule has 3 heterocycles. The highest BCUT2D eigenvalue weighted by atomic mass is 15.4. The van der Waals surface area contributed by atoms with Gasteiger partial charge in [-0.2, -0.15) is 5.10 Å². The molecule has 0 bridgehead atoms. The molecule has 2 fully saturated rings. The minimum atomic E-state index is 0.779. The van der Waals surface area contributed by atoms with E-state index in [4.69, 9.17) is 5.73 Å². The fourth-order valence-electron chi connectivity index (χ4n) is 3.47. The summed E-state index contributed by atoms with van der Waals surface area (Å²) in [5.74, 6) is 0.972. The van der Waals surface area contributed by atoms with Gasteiger partial charge in [0.2, 0.25) is 0 Å². The average Bonchev–Trinajstić information content (AvgIpc) is 2.79. The molecule has 0 radical (unpaired) electrons. The highest BCUT2D eigenvalue weighted by Gasteiger charge is 2.27. The molecule has 2 saturated heterocycles. The first-order valence-corrected chi connectivity index (χ1v) is 7.52. The Bertz CT molecular complexity index is 413. The first-order valence-electron chi connectivity index (χ1n) is 7.52. The van der Waals surface area contributed by atoms with Gasteiger partial charge in [-0.3, -0.25) is 4.68 Å². The Balaban J connectivity index is 1.58. The van der Waals surface area contributed by atoms with Gasteiger partial charge >= 0.3 is 0 Å². The topological polar surface area (TPSA) is 50.3 Å². The van der Waals surface area contributed by atoms with Crippen LogP contribution in [0.4, 0.5) is 11.5 Å². The van der Waals surface area contributed by atoms with Crippen LogP contribution in [0.5, 0.6) is 0 Å². The zero-order valence-corrected chi connectivity index (χ0v) is 11.9. The van der Waals surface area contributed by atoms with Crippen molar-refractivity contribution < 1.29 is 0 Å². The summed E-state index contributed by atoms with van der Waals surface area (Å²) in [5.41, 5.74) is 6.82. The smallest absolute Gasteiger partial charge is 0.173 e. The molecule has 0 amide bonds. The predicted octanol–water partition coefficient (Wildman–Crippen LogP) is 1.46. The summed E-state index contributed by atoms with van der Waals surface area (Å²) in [6.07, 6.45) is 8.57. The third-order valence-corrected chi connectivity index (χ3v) is 4.51. The largest absolute Gasteiger partial charge is 0.394 e. The SMILES string of the molecule is Cn1cc(N)c(N2CCC(N3CCCCC3)CC2)n1. The molecule has 2 aliphatic rings. The molecule has 1 aromatic heterocycles. The average molecular weight is 263 g/mol. The first kappa shape index (κ1) is 12.8. The first-order chi connectivity index (χ1) is 9.24. The number of hydrogen-bond donors (Lipinski definition) is 1. The lowest BCUT2D eigenvalue weighted by atomic mass is 10.00. The van der Waals surface area contributed by atoms with Gasteiger partial charge in [0.05, 0.1) is 5.69 Å². The molecule has 1 aromatic rings. The van der Waals surface area contributed by atoms with Crippen LogP contribution in [0.25, 0.3) is 0 Å². The van der Waals surface area contributed by atoms with Gasteiger partial charge in [0.15, 0.2) is 5.82 Å². The Hall–Kier alpha value is -1.23. The van der Waals surface area contributed by atoms with Crippen molar-refractivity contribution in [2.75, 3.05) is 36.8 Å². The molecule has 0 unspecified atom stereocenters. The van der Waals surface area contributed by atoms with Crippen LogP contribution in [0.15, 0.2) is 6.20 Å². The molecule has 5 nitrogen and oxygen atoms in total. The summed E-state index contributed by atoms with van der Waals surface area (Å²) in [5, 5.41) is 4.48. The minimum Gasteiger partial charge on any atom is -0.394 e. The summed E-state index contributed by atoms with van der Waals surface area (Å²) in [6.45, 7) is 4.78. The molecule has 0 atom stereocenters. The van der Waals surface area contributed by atoms with Gasteiger partial charge in [0.25, 0.3) is 0 Å². The summed E-state index contributed by atoms with van der Waals surface area (Å²) in [6, 6.07) is 0.779. The van der Waals surface area contributed by atoms with Gasteiger partial charge in [0.1, 0.15) is 0 Å². The zero-order chi connectivity index (χ0) is 13.2. The van der Waals surface area contributed by atoms with Crippen molar-refractivity contribution >= 4 is 11.5 Å². The van der Waals surface area contributed by atoms with Crippen molar-refractivity contribution in [3.63, 3.8) is 0 Å². The van der Waals surface area contributed by atoms with Crippen LogP contribution >= 0.6 is 0 Å². The van der Waals surface area contributed by atoms with Crippen LogP contribution in [-0.2, 0) is 7.05 Å². The Morgan fingerprint density at radius 3 is 2.37 bits per heavy atom. The summed E-state index contributed by atoms with van der Waals surface area (Å²) >= 11 is 0. The Morgan fingerprint density at radius 2 is 1.79 bits per heavy atom. The van der Waals surface area contributed by atoms with E-state index in [1.54, 1.807) is 4.68 Å². The fraction of sp³-hybridized carbons (Fsp3) is 0.786. The monoisotopic (exact) mass is 263 g/mol. The van der Waals surface area contributed by atoms with Crippen molar-refractivity contribution in [1.29, 1.82) is 0 Å². The van der Waals surface area contributed by atoms with Crippen LogP contribution in [0.1, 0.15) is 32.1 Å². The van der Waals surface area contributed by atoms with Crippen molar-refractivity contribution in [3.8, 4) is 0 Å². The van der Waals surface area contributed by atoms with Crippen LogP contribution < -0.4 is 10.6 Å². The van der Waals surface area contributed by atoms with Gasteiger partial charge in [-0.1, -0.05) is 6.42 Å². The molecular formula is C14H25N5. The van der Waals surface area contributed by atoms with E-state index in [9.17, 15) is 0 Å². The highest BCUT2D eigenvalue weighted by molar-refractivity contribution is 5.61. The predicted molar refractivity (Wildman–Crippen MR) is 78.3 cm³/mol. The van der Waals surface area contributed by atoms with Gasteiger partial charge in [-0.25, -0.2) is 0 Å². The standard InChI is InChI=1S/C14H25N5/c1-17-11-13(15)14(16-17)19-9-5-12(6-10-19)18-7-3-2-4-8-18/h11-12H,2-10,15H2,1H3. The molecule has 106 valence electrons. The summed E-state index contributed by atoms with van der Waals surface area (Å²) in [4.78, 5) is 5.04. The number of likely N-dealkylation sites (tertiary alicyclic amines) is 1. The number of rotatable bonds is 2. The van der Waals surface area contributed by atoms with E-state index in [0.717, 1.165) is 30.6 Å². The number of aromatic nitrogens is 2. The summed E-state index contributed by atoms with van der Waals surface area (Å²) in [7, 11) is 1.93. The normalized spacial score (nSPS) is 22.9. The van der Waals surface area contributed by atoms with E-state index >= 15 is 0 Å². The van der Waals surface area contributed by atoms with Gasteiger partial charge in [0, 0.05) is 32.4 Å². The second-order valence-corrected chi connectivity index (χ2v) is 5.90. The molecular weight excluding hydrogens is 238 g/mol. The second-order valence-electron chi connectivity index (χ2n) is 5.90. The Morgan fingerprint density at radius 1 is 1.11 bits per heavy atom. The second kappa shape index (κ2) is 5.41. The van der Waals surface area contributed by atoms with E-state index in [0.29, 0.717) is 0 Å². The van der Waals surface area contributed by atoms with Crippen LogP contribution in [0.3, 0.4) is 0 Å². The molecule has 0 aromatic carbocycles. The van der Waals surface area contributed by atoms with E-state index < -0.39 is 0 Å². The van der Waals surface area contributed by atoms with E-state index in [-0.39, 0.29) is 0 Å². The number of nitrogen functional groups attached to an aromatic ring is 1. The lowest BCUT2D eigenvalue weighted by Gasteiger charge is -2.40. The molecule has 3 rings (SSSR count). The van der Waals surface area contributed by atoms with Gasteiger partial charge in [-0.15, -0.1) is 0 Å². The number of piperidine rings is 2. The number of nitrogens with two attached hydrogens (primary N) is 1. The highest BCUT2D eigenvalue weighted by Crippen LogP contribution is 2.26. The number of hydrogen-bond acceptors (Lipinski definition) is 4. The van der Waals surface area contributed by atoms with E-state index in [2.05, 4.69) is 14.9 Å². The maximum atomic E-state index is 6.01. The maximum Gasteiger partial charge on any atom is 0.173 e. The quantitative estimate of drug-likeness (QED) is 0.877. The van der Waals surface area contributed by atoms with Gasteiger partial charge in [-0.05, 0) is 38.8 Å². The van der Waals surface area contributed by atoms with Crippen molar-refractivity contribution in [2.24, 2.45) is 7.05 Å². The molecule has 0 saturated carbocycles. The Labute approximate surface area is 115 Å². The zero-order valence-electron chi connectivity index (χ0n) is 11.9. The molecule has 5 heteroatoms. The maximum absolute atomic E-state index is 6.01. The van der Waals surface area contributed by atoms with Crippen molar-refractivity contribution in [1.82, 2.24) is 14.7 Å². The third-order valence-electron chi connectivity index (χ3n) is 4.51. The number of aryl methyl sites for hydroxylation is 1. The fourth-order valence-corrected chi connectivity index (χ4v) is 3.47. The van der Waals surface area contributed by atoms with Crippen molar-refractivity contribution in [2.45, 2.75) is 38.1 Å². The van der Waals surface area contributed by atoms with Crippen LogP contribution in [0, 0.1) is 0 Å². The molecule has 2 N–H and O–H groups in total. The molecule has 0 aliphatic carbocycles.